The molecule has 86 valence electrons. The van der Waals surface area contributed by atoms with Crippen molar-refractivity contribution in [1.82, 2.24) is 0 Å². The fourth-order valence-corrected chi connectivity index (χ4v) is 1.82. The molecule has 0 aromatic heterocycles. The predicted molar refractivity (Wildman–Crippen MR) is 58.4 cm³/mol. The van der Waals surface area contributed by atoms with Crippen LogP contribution in [0.25, 0.3) is 0 Å². The molecular weight excluding hydrogens is 190 g/mol. The van der Waals surface area contributed by atoms with E-state index >= 15 is 0 Å². The number of methoxy groups -OCH3 is 1. The minimum Gasteiger partial charge on any atom is -0.381 e. The maximum atomic E-state index is 9.26. The summed E-state index contributed by atoms with van der Waals surface area (Å²) in [4.78, 5) is 0. The molecule has 0 saturated carbocycles. The molecule has 0 atom stereocenters. The molecule has 0 aromatic rings. The van der Waals surface area contributed by atoms with Crippen LogP contribution in [0.3, 0.4) is 0 Å². The molecular formula is C12H21NO2. The Kier molecular flexibility index (Phi) is 4.12. The maximum Gasteiger partial charge on any atom is 0.0691 e. The van der Waals surface area contributed by atoms with E-state index in [1.165, 1.54) is 0 Å². The normalized spacial score (nSPS) is 20.9. The monoisotopic (exact) mass is 211 g/mol. The molecule has 1 aliphatic heterocycles. The molecule has 0 N–H and O–H groups in total. The van der Waals surface area contributed by atoms with Crippen molar-refractivity contribution in [3.63, 3.8) is 0 Å². The van der Waals surface area contributed by atoms with Crippen LogP contribution in [0.2, 0.25) is 0 Å². The molecule has 0 unspecified atom stereocenters. The summed E-state index contributed by atoms with van der Waals surface area (Å²) >= 11 is 0. The number of ether oxygens (including phenoxy) is 2. The van der Waals surface area contributed by atoms with Gasteiger partial charge < -0.3 is 9.47 Å². The van der Waals surface area contributed by atoms with Crippen molar-refractivity contribution in [2.24, 2.45) is 5.41 Å². The van der Waals surface area contributed by atoms with Crippen LogP contribution in [-0.4, -0.2) is 25.9 Å². The summed E-state index contributed by atoms with van der Waals surface area (Å²) in [7, 11) is 1.73. The summed E-state index contributed by atoms with van der Waals surface area (Å²) < 4.78 is 10.7. The number of hydrogen-bond donors (Lipinski definition) is 0. The molecule has 0 spiro atoms. The average Bonchev–Trinajstić information content (AvgIpc) is 2.28. The summed E-state index contributed by atoms with van der Waals surface area (Å²) in [6, 6.07) is 2.48. The molecule has 1 heterocycles. The molecule has 15 heavy (non-hydrogen) atoms. The average molecular weight is 211 g/mol. The van der Waals surface area contributed by atoms with Gasteiger partial charge in [0.1, 0.15) is 0 Å². The van der Waals surface area contributed by atoms with Gasteiger partial charge in [-0.05, 0) is 39.5 Å². The van der Waals surface area contributed by atoms with Crippen LogP contribution in [0.4, 0.5) is 0 Å². The highest BCUT2D eigenvalue weighted by atomic mass is 16.5. The second kappa shape index (κ2) is 4.96. The summed E-state index contributed by atoms with van der Waals surface area (Å²) in [5.74, 6) is 0. The fraction of sp³-hybridized carbons (Fsp3) is 0.917. The van der Waals surface area contributed by atoms with Crippen LogP contribution in [0.5, 0.6) is 0 Å². The first kappa shape index (κ1) is 12.5. The molecule has 0 aromatic carbocycles. The molecule has 1 fully saturated rings. The first-order chi connectivity index (χ1) is 7.04. The van der Waals surface area contributed by atoms with E-state index in [4.69, 9.17) is 9.47 Å². The van der Waals surface area contributed by atoms with Crippen molar-refractivity contribution >= 4 is 0 Å². The van der Waals surface area contributed by atoms with E-state index in [2.05, 4.69) is 19.9 Å². The lowest BCUT2D eigenvalue weighted by atomic mass is 9.76. The number of nitriles is 1. The van der Waals surface area contributed by atoms with Gasteiger partial charge in [0.05, 0.1) is 17.1 Å². The summed E-state index contributed by atoms with van der Waals surface area (Å²) in [6.45, 7) is 5.58. The van der Waals surface area contributed by atoms with E-state index in [0.29, 0.717) is 0 Å². The Balaban J connectivity index is 2.50. The van der Waals surface area contributed by atoms with Crippen LogP contribution < -0.4 is 0 Å². The van der Waals surface area contributed by atoms with E-state index in [0.717, 1.165) is 38.9 Å². The lowest BCUT2D eigenvalue weighted by molar-refractivity contribution is -0.00962. The van der Waals surface area contributed by atoms with E-state index in [1.807, 2.05) is 0 Å². The Bertz CT molecular complexity index is 236. The predicted octanol–water partition coefficient (Wildman–Crippen LogP) is 2.51. The lowest BCUT2D eigenvalue weighted by Crippen LogP contribution is -2.32. The number of rotatable bonds is 4. The van der Waals surface area contributed by atoms with Crippen molar-refractivity contribution in [3.05, 3.63) is 0 Å². The minimum atomic E-state index is -0.173. The fourth-order valence-electron chi connectivity index (χ4n) is 1.82. The Morgan fingerprint density at radius 3 is 2.47 bits per heavy atom. The van der Waals surface area contributed by atoms with E-state index in [-0.39, 0.29) is 11.0 Å². The Morgan fingerprint density at radius 2 is 2.00 bits per heavy atom. The molecule has 0 bridgehead atoms. The van der Waals surface area contributed by atoms with Crippen LogP contribution in [0, 0.1) is 16.7 Å². The standard InChI is InChI=1S/C12H21NO2/c1-11(2,14-3)4-5-12(10-13)6-8-15-9-7-12/h4-9H2,1-3H3. The van der Waals surface area contributed by atoms with Gasteiger partial charge in [0.25, 0.3) is 0 Å². The van der Waals surface area contributed by atoms with Crippen molar-refractivity contribution in [2.45, 2.75) is 45.1 Å². The first-order valence-electron chi connectivity index (χ1n) is 5.58. The second-order valence-electron chi connectivity index (χ2n) is 4.97. The first-order valence-corrected chi connectivity index (χ1v) is 5.58. The van der Waals surface area contributed by atoms with Gasteiger partial charge in [-0.1, -0.05) is 0 Å². The van der Waals surface area contributed by atoms with Crippen molar-refractivity contribution in [1.29, 1.82) is 5.26 Å². The van der Waals surface area contributed by atoms with Gasteiger partial charge in [-0.3, -0.25) is 0 Å². The van der Waals surface area contributed by atoms with Gasteiger partial charge in [-0.25, -0.2) is 0 Å². The molecule has 1 saturated heterocycles. The van der Waals surface area contributed by atoms with Crippen LogP contribution in [0.1, 0.15) is 39.5 Å². The summed E-state index contributed by atoms with van der Waals surface area (Å²) in [6.07, 6.45) is 3.57. The van der Waals surface area contributed by atoms with Gasteiger partial charge in [0.2, 0.25) is 0 Å². The van der Waals surface area contributed by atoms with Gasteiger partial charge in [-0.15, -0.1) is 0 Å². The van der Waals surface area contributed by atoms with Crippen LogP contribution in [-0.2, 0) is 9.47 Å². The van der Waals surface area contributed by atoms with Crippen molar-refractivity contribution < 1.29 is 9.47 Å². The third kappa shape index (κ3) is 3.48. The third-order valence-electron chi connectivity index (χ3n) is 3.45. The van der Waals surface area contributed by atoms with Crippen LogP contribution >= 0.6 is 0 Å². The minimum absolute atomic E-state index is 0.123. The maximum absolute atomic E-state index is 9.26. The Labute approximate surface area is 92.4 Å². The van der Waals surface area contributed by atoms with Crippen molar-refractivity contribution in [2.75, 3.05) is 20.3 Å². The third-order valence-corrected chi connectivity index (χ3v) is 3.45. The highest BCUT2D eigenvalue weighted by Gasteiger charge is 2.34. The molecule has 1 rings (SSSR count). The molecule has 0 amide bonds. The zero-order valence-electron chi connectivity index (χ0n) is 10.0. The van der Waals surface area contributed by atoms with Gasteiger partial charge >= 0.3 is 0 Å². The SMILES string of the molecule is COC(C)(C)CCC1(C#N)CCOCC1. The van der Waals surface area contributed by atoms with Gasteiger partial charge in [-0.2, -0.15) is 5.26 Å². The number of nitrogens with zero attached hydrogens (tertiary/aromatic N) is 1. The highest BCUT2D eigenvalue weighted by Crippen LogP contribution is 2.36. The van der Waals surface area contributed by atoms with E-state index < -0.39 is 0 Å². The zero-order valence-corrected chi connectivity index (χ0v) is 10.0. The summed E-state index contributed by atoms with van der Waals surface area (Å²) in [5.41, 5.74) is -0.295. The lowest BCUT2D eigenvalue weighted by Gasteiger charge is -2.33. The molecule has 3 nitrogen and oxygen atoms in total. The topological polar surface area (TPSA) is 42.2 Å². The van der Waals surface area contributed by atoms with Crippen molar-refractivity contribution in [3.8, 4) is 6.07 Å². The highest BCUT2D eigenvalue weighted by molar-refractivity contribution is 5.00. The quantitative estimate of drug-likeness (QED) is 0.717. The van der Waals surface area contributed by atoms with Gasteiger partial charge in [0, 0.05) is 20.3 Å². The van der Waals surface area contributed by atoms with E-state index in [1.54, 1.807) is 7.11 Å². The van der Waals surface area contributed by atoms with E-state index in [9.17, 15) is 5.26 Å². The summed E-state index contributed by atoms with van der Waals surface area (Å²) in [5, 5.41) is 9.26. The Morgan fingerprint density at radius 1 is 1.40 bits per heavy atom. The van der Waals surface area contributed by atoms with Crippen LogP contribution in [0.15, 0.2) is 0 Å². The van der Waals surface area contributed by atoms with Gasteiger partial charge in [0.15, 0.2) is 0 Å². The Hall–Kier alpha value is -0.590. The molecule has 1 aliphatic rings. The zero-order chi connectivity index (χ0) is 11.4. The molecule has 3 heteroatoms. The second-order valence-corrected chi connectivity index (χ2v) is 4.97. The molecule has 0 aliphatic carbocycles. The smallest absolute Gasteiger partial charge is 0.0691 e. The largest absolute Gasteiger partial charge is 0.381 e. The number of hydrogen-bond acceptors (Lipinski definition) is 3. The molecule has 0 radical (unpaired) electrons.